The molecule has 1 unspecified atom stereocenters. The molecule has 3 nitrogen and oxygen atoms in total. The topological polar surface area (TPSA) is 25.4 Å². The molecule has 0 fully saturated rings. The second-order valence-electron chi connectivity index (χ2n) is 3.79. The molecule has 0 amide bonds. The van der Waals surface area contributed by atoms with E-state index in [9.17, 15) is 0 Å². The zero-order valence-electron chi connectivity index (χ0n) is 10.1. The van der Waals surface area contributed by atoms with Crippen LogP contribution in [0.1, 0.15) is 20.3 Å². The van der Waals surface area contributed by atoms with Crippen LogP contribution in [-0.4, -0.2) is 30.6 Å². The van der Waals surface area contributed by atoms with E-state index in [1.54, 1.807) is 6.20 Å². The summed E-state index contributed by atoms with van der Waals surface area (Å²) in [6.07, 6.45) is 2.76. The number of anilines is 1. The molecule has 1 atom stereocenters. The van der Waals surface area contributed by atoms with E-state index in [1.165, 1.54) is 0 Å². The summed E-state index contributed by atoms with van der Waals surface area (Å²) in [6.45, 7) is 4.86. The van der Waals surface area contributed by atoms with Crippen molar-refractivity contribution in [3.05, 3.63) is 18.3 Å². The number of hydrogen-bond acceptors (Lipinski definition) is 3. The Hall–Kier alpha value is -0.960. The third-order valence-electron chi connectivity index (χ3n) is 2.43. The van der Waals surface area contributed by atoms with E-state index < -0.39 is 0 Å². The third kappa shape index (κ3) is 3.27. The minimum atomic E-state index is 0.237. The fourth-order valence-electron chi connectivity index (χ4n) is 1.28. The summed E-state index contributed by atoms with van der Waals surface area (Å²) in [5, 5.41) is 0. The van der Waals surface area contributed by atoms with Crippen molar-refractivity contribution in [3.8, 4) is 5.75 Å². The first-order valence-electron chi connectivity index (χ1n) is 5.57. The summed E-state index contributed by atoms with van der Waals surface area (Å²) in [4.78, 5) is 6.38. The molecule has 1 heterocycles. The van der Waals surface area contributed by atoms with Crippen LogP contribution >= 0.6 is 11.6 Å². The van der Waals surface area contributed by atoms with E-state index in [4.69, 9.17) is 16.3 Å². The maximum atomic E-state index is 5.84. The van der Waals surface area contributed by atoms with Crippen LogP contribution in [0.25, 0.3) is 0 Å². The zero-order chi connectivity index (χ0) is 12.0. The van der Waals surface area contributed by atoms with Gasteiger partial charge in [0, 0.05) is 25.2 Å². The molecule has 4 heteroatoms. The molecule has 0 aromatic carbocycles. The molecule has 1 aromatic rings. The van der Waals surface area contributed by atoms with E-state index in [0.29, 0.717) is 12.5 Å². The average molecular weight is 243 g/mol. The Labute approximate surface area is 102 Å². The summed E-state index contributed by atoms with van der Waals surface area (Å²) in [6, 6.07) is 4.06. The van der Waals surface area contributed by atoms with Gasteiger partial charge in [0.05, 0.1) is 6.61 Å². The van der Waals surface area contributed by atoms with Crippen LogP contribution in [0.5, 0.6) is 5.75 Å². The van der Waals surface area contributed by atoms with Gasteiger partial charge in [-0.25, -0.2) is 4.98 Å². The molecule has 0 aliphatic heterocycles. The van der Waals surface area contributed by atoms with Crippen LogP contribution < -0.4 is 9.64 Å². The Morgan fingerprint density at radius 2 is 2.31 bits per heavy atom. The zero-order valence-corrected chi connectivity index (χ0v) is 10.9. The molecule has 1 rings (SSSR count). The first-order chi connectivity index (χ1) is 7.70. The number of halogens is 1. The van der Waals surface area contributed by atoms with Crippen molar-refractivity contribution in [2.45, 2.75) is 26.3 Å². The number of rotatable bonds is 6. The molecule has 0 saturated heterocycles. The average Bonchev–Trinajstić information content (AvgIpc) is 2.34. The highest BCUT2D eigenvalue weighted by Crippen LogP contribution is 2.25. The second kappa shape index (κ2) is 6.59. The number of nitrogens with zero attached hydrogens (tertiary/aromatic N) is 2. The van der Waals surface area contributed by atoms with Gasteiger partial charge in [0.25, 0.3) is 0 Å². The standard InChI is InChI=1S/C12H19ClN2O/c1-4-8-16-11-6-5-7-14-12(11)15(3)10(2)9-13/h5-7,10H,4,8-9H2,1-3H3. The lowest BCUT2D eigenvalue weighted by molar-refractivity contribution is 0.316. The third-order valence-corrected chi connectivity index (χ3v) is 2.88. The van der Waals surface area contributed by atoms with Gasteiger partial charge in [0.1, 0.15) is 0 Å². The van der Waals surface area contributed by atoms with Crippen LogP contribution in [-0.2, 0) is 0 Å². The molecule has 0 radical (unpaired) electrons. The summed E-state index contributed by atoms with van der Waals surface area (Å²) < 4.78 is 5.65. The molecular formula is C12H19ClN2O. The lowest BCUT2D eigenvalue weighted by Crippen LogP contribution is -2.31. The molecule has 0 spiro atoms. The smallest absolute Gasteiger partial charge is 0.171 e. The molecule has 0 aliphatic carbocycles. The van der Waals surface area contributed by atoms with Crippen molar-refractivity contribution in [2.75, 3.05) is 24.4 Å². The molecule has 0 bridgehead atoms. The Morgan fingerprint density at radius 3 is 2.94 bits per heavy atom. The van der Waals surface area contributed by atoms with Gasteiger partial charge in [0.2, 0.25) is 0 Å². The molecule has 90 valence electrons. The van der Waals surface area contributed by atoms with Crippen molar-refractivity contribution >= 4 is 17.4 Å². The normalized spacial score (nSPS) is 12.2. The number of alkyl halides is 1. The maximum Gasteiger partial charge on any atom is 0.171 e. The molecule has 1 aromatic heterocycles. The minimum Gasteiger partial charge on any atom is -0.490 e. The lowest BCUT2D eigenvalue weighted by atomic mass is 10.3. The quantitative estimate of drug-likeness (QED) is 0.718. The van der Waals surface area contributed by atoms with Crippen molar-refractivity contribution in [1.82, 2.24) is 4.98 Å². The molecule has 0 aliphatic rings. The van der Waals surface area contributed by atoms with Crippen molar-refractivity contribution in [3.63, 3.8) is 0 Å². The van der Waals surface area contributed by atoms with Crippen LogP contribution in [0.2, 0.25) is 0 Å². The van der Waals surface area contributed by atoms with Crippen LogP contribution in [0, 0.1) is 0 Å². The van der Waals surface area contributed by atoms with Crippen LogP contribution in [0.4, 0.5) is 5.82 Å². The Balaban J connectivity index is 2.84. The number of aromatic nitrogens is 1. The summed E-state index contributed by atoms with van der Waals surface area (Å²) in [5.74, 6) is 2.24. The van der Waals surface area contributed by atoms with Gasteiger partial charge in [-0.15, -0.1) is 11.6 Å². The van der Waals surface area contributed by atoms with E-state index in [2.05, 4.69) is 18.8 Å². The van der Waals surface area contributed by atoms with Gasteiger partial charge in [-0.1, -0.05) is 6.92 Å². The monoisotopic (exact) mass is 242 g/mol. The van der Waals surface area contributed by atoms with Crippen LogP contribution in [0.3, 0.4) is 0 Å². The summed E-state index contributed by atoms with van der Waals surface area (Å²) in [7, 11) is 1.98. The fourth-order valence-corrected chi connectivity index (χ4v) is 1.49. The predicted octanol–water partition coefficient (Wildman–Crippen LogP) is 2.93. The number of ether oxygens (including phenoxy) is 1. The second-order valence-corrected chi connectivity index (χ2v) is 4.10. The Kier molecular flexibility index (Phi) is 5.39. The maximum absolute atomic E-state index is 5.84. The predicted molar refractivity (Wildman–Crippen MR) is 68.6 cm³/mol. The first-order valence-corrected chi connectivity index (χ1v) is 6.10. The molecule has 0 saturated carbocycles. The van der Waals surface area contributed by atoms with E-state index >= 15 is 0 Å². The molecule has 0 N–H and O–H groups in total. The SMILES string of the molecule is CCCOc1cccnc1N(C)C(C)CCl. The Morgan fingerprint density at radius 1 is 1.56 bits per heavy atom. The van der Waals surface area contributed by atoms with Crippen molar-refractivity contribution < 1.29 is 4.74 Å². The highest BCUT2D eigenvalue weighted by Gasteiger charge is 2.14. The first kappa shape index (κ1) is 13.1. The largest absolute Gasteiger partial charge is 0.490 e. The van der Waals surface area contributed by atoms with Gasteiger partial charge in [-0.05, 0) is 25.5 Å². The van der Waals surface area contributed by atoms with Gasteiger partial charge < -0.3 is 9.64 Å². The summed E-state index contributed by atoms with van der Waals surface area (Å²) in [5.41, 5.74) is 0. The van der Waals surface area contributed by atoms with Gasteiger partial charge in [0.15, 0.2) is 11.6 Å². The molecule has 16 heavy (non-hydrogen) atoms. The minimum absolute atomic E-state index is 0.237. The van der Waals surface area contributed by atoms with Gasteiger partial charge >= 0.3 is 0 Å². The highest BCUT2D eigenvalue weighted by atomic mass is 35.5. The number of pyridine rings is 1. The highest BCUT2D eigenvalue weighted by molar-refractivity contribution is 6.18. The van der Waals surface area contributed by atoms with Crippen molar-refractivity contribution in [2.24, 2.45) is 0 Å². The van der Waals surface area contributed by atoms with Gasteiger partial charge in [-0.2, -0.15) is 0 Å². The van der Waals surface area contributed by atoms with Crippen LogP contribution in [0.15, 0.2) is 18.3 Å². The van der Waals surface area contributed by atoms with E-state index in [0.717, 1.165) is 18.0 Å². The summed E-state index contributed by atoms with van der Waals surface area (Å²) >= 11 is 5.84. The lowest BCUT2D eigenvalue weighted by Gasteiger charge is -2.25. The Bertz CT molecular complexity index is 320. The van der Waals surface area contributed by atoms with E-state index in [1.807, 2.05) is 24.1 Å². The van der Waals surface area contributed by atoms with Crippen molar-refractivity contribution in [1.29, 1.82) is 0 Å². The fraction of sp³-hybridized carbons (Fsp3) is 0.583. The van der Waals surface area contributed by atoms with Gasteiger partial charge in [-0.3, -0.25) is 0 Å². The molecular weight excluding hydrogens is 224 g/mol. The number of hydrogen-bond donors (Lipinski definition) is 0. The van der Waals surface area contributed by atoms with E-state index in [-0.39, 0.29) is 6.04 Å².